The van der Waals surface area contributed by atoms with Gasteiger partial charge >= 0.3 is 12.4 Å². The molecule has 2 heterocycles. The van der Waals surface area contributed by atoms with Crippen LogP contribution in [0.2, 0.25) is 0 Å². The number of carbonyl (C=O) groups excluding carboxylic acids is 1. The van der Waals surface area contributed by atoms with Crippen molar-refractivity contribution in [1.82, 2.24) is 14.9 Å². The number of carbonyl (C=O) groups is 1. The standard InChI is InChI=1S/C23H17F7N4O/c24-16-4-5-17(18(13-16)23(28,29)30)20(35)33-8-10-34(11-9-33)21-31-7-6-19(32-21)14-2-1-3-15(12-14)22(25,26)27/h1-7,12-13H,8-11H2. The highest BCUT2D eigenvalue weighted by molar-refractivity contribution is 5.96. The van der Waals surface area contributed by atoms with Gasteiger partial charge in [-0.25, -0.2) is 14.4 Å². The molecular formula is C23H17F7N4O. The summed E-state index contributed by atoms with van der Waals surface area (Å²) >= 11 is 0. The molecule has 0 unspecified atom stereocenters. The zero-order valence-corrected chi connectivity index (χ0v) is 17.9. The third-order valence-corrected chi connectivity index (χ3v) is 5.50. The van der Waals surface area contributed by atoms with E-state index in [1.807, 2.05) is 0 Å². The molecule has 3 aromatic rings. The largest absolute Gasteiger partial charge is 0.417 e. The maximum Gasteiger partial charge on any atom is 0.417 e. The van der Waals surface area contributed by atoms with Crippen LogP contribution in [0.4, 0.5) is 36.7 Å². The first kappa shape index (κ1) is 24.4. The lowest BCUT2D eigenvalue weighted by molar-refractivity contribution is -0.138. The van der Waals surface area contributed by atoms with Crippen LogP contribution in [0.3, 0.4) is 0 Å². The van der Waals surface area contributed by atoms with Gasteiger partial charge in [0.2, 0.25) is 5.95 Å². The molecule has 1 fully saturated rings. The van der Waals surface area contributed by atoms with E-state index in [2.05, 4.69) is 9.97 Å². The minimum Gasteiger partial charge on any atom is -0.337 e. The number of nitrogens with zero attached hydrogens (tertiary/aromatic N) is 4. The number of halogens is 7. The Bertz CT molecular complexity index is 1240. The van der Waals surface area contributed by atoms with Crippen molar-refractivity contribution in [3.05, 3.63) is 77.2 Å². The molecule has 5 nitrogen and oxygen atoms in total. The van der Waals surface area contributed by atoms with Gasteiger partial charge in [0.1, 0.15) is 5.82 Å². The van der Waals surface area contributed by atoms with E-state index in [1.165, 1.54) is 29.3 Å². The summed E-state index contributed by atoms with van der Waals surface area (Å²) in [6.07, 6.45) is -8.01. The summed E-state index contributed by atoms with van der Waals surface area (Å²) in [5.74, 6) is -1.77. The molecule has 1 saturated heterocycles. The zero-order valence-electron chi connectivity index (χ0n) is 17.9. The first-order chi connectivity index (χ1) is 16.4. The lowest BCUT2D eigenvalue weighted by Crippen LogP contribution is -2.49. The molecule has 0 aliphatic carbocycles. The molecule has 12 heteroatoms. The summed E-state index contributed by atoms with van der Waals surface area (Å²) in [6, 6.07) is 8.05. The highest BCUT2D eigenvalue weighted by Gasteiger charge is 2.37. The Kier molecular flexibility index (Phi) is 6.39. The van der Waals surface area contributed by atoms with Gasteiger partial charge in [-0.15, -0.1) is 0 Å². The number of hydrogen-bond acceptors (Lipinski definition) is 4. The maximum absolute atomic E-state index is 13.4. The Labute approximate surface area is 194 Å². The highest BCUT2D eigenvalue weighted by Crippen LogP contribution is 2.34. The van der Waals surface area contributed by atoms with Gasteiger partial charge in [0.05, 0.1) is 22.4 Å². The summed E-state index contributed by atoms with van der Waals surface area (Å²) in [5, 5.41) is 0. The Morgan fingerprint density at radius 3 is 2.23 bits per heavy atom. The molecule has 1 amide bonds. The molecule has 4 rings (SSSR count). The van der Waals surface area contributed by atoms with E-state index in [0.717, 1.165) is 24.3 Å². The number of benzene rings is 2. The minimum atomic E-state index is -4.90. The van der Waals surface area contributed by atoms with Crippen molar-refractivity contribution in [2.45, 2.75) is 12.4 Å². The van der Waals surface area contributed by atoms with Gasteiger partial charge in [-0.1, -0.05) is 12.1 Å². The molecule has 35 heavy (non-hydrogen) atoms. The molecular weight excluding hydrogens is 481 g/mol. The average Bonchev–Trinajstić information content (AvgIpc) is 2.83. The van der Waals surface area contributed by atoms with Crippen LogP contribution in [0, 0.1) is 5.82 Å². The summed E-state index contributed by atoms with van der Waals surface area (Å²) < 4.78 is 92.3. The van der Waals surface area contributed by atoms with Crippen LogP contribution < -0.4 is 4.90 Å². The van der Waals surface area contributed by atoms with Crippen LogP contribution in [-0.4, -0.2) is 47.0 Å². The fourth-order valence-corrected chi connectivity index (χ4v) is 3.73. The predicted molar refractivity (Wildman–Crippen MR) is 112 cm³/mol. The predicted octanol–water partition coefficient (Wildman–Crippen LogP) is 5.28. The van der Waals surface area contributed by atoms with Crippen LogP contribution >= 0.6 is 0 Å². The molecule has 0 spiro atoms. The van der Waals surface area contributed by atoms with E-state index >= 15 is 0 Å². The summed E-state index contributed by atoms with van der Waals surface area (Å²) in [7, 11) is 0. The van der Waals surface area contributed by atoms with Crippen molar-refractivity contribution in [2.75, 3.05) is 31.1 Å². The smallest absolute Gasteiger partial charge is 0.337 e. The van der Waals surface area contributed by atoms with E-state index in [-0.39, 0.29) is 49.5 Å². The van der Waals surface area contributed by atoms with Gasteiger partial charge in [0.25, 0.3) is 5.91 Å². The summed E-state index contributed by atoms with van der Waals surface area (Å²) in [6.45, 7) is 0.454. The molecule has 0 saturated carbocycles. The Balaban J connectivity index is 1.49. The van der Waals surface area contributed by atoms with Crippen LogP contribution in [0.15, 0.2) is 54.7 Å². The minimum absolute atomic E-state index is 0.0463. The van der Waals surface area contributed by atoms with Crippen molar-refractivity contribution in [2.24, 2.45) is 0 Å². The van der Waals surface area contributed by atoms with E-state index in [0.29, 0.717) is 0 Å². The van der Waals surface area contributed by atoms with Gasteiger partial charge in [0.15, 0.2) is 0 Å². The molecule has 1 aliphatic rings. The lowest BCUT2D eigenvalue weighted by atomic mass is 10.0. The van der Waals surface area contributed by atoms with Crippen LogP contribution in [-0.2, 0) is 12.4 Å². The molecule has 2 aromatic carbocycles. The van der Waals surface area contributed by atoms with Crippen molar-refractivity contribution in [1.29, 1.82) is 0 Å². The van der Waals surface area contributed by atoms with Crippen LogP contribution in [0.5, 0.6) is 0 Å². The first-order valence-electron chi connectivity index (χ1n) is 10.3. The topological polar surface area (TPSA) is 49.3 Å². The van der Waals surface area contributed by atoms with E-state index in [4.69, 9.17) is 0 Å². The van der Waals surface area contributed by atoms with E-state index in [1.54, 1.807) is 4.90 Å². The van der Waals surface area contributed by atoms with Crippen LogP contribution in [0.1, 0.15) is 21.5 Å². The number of hydrogen-bond donors (Lipinski definition) is 0. The van der Waals surface area contributed by atoms with Gasteiger partial charge in [-0.3, -0.25) is 4.79 Å². The average molecular weight is 498 g/mol. The molecule has 0 bridgehead atoms. The second-order valence-electron chi connectivity index (χ2n) is 7.79. The molecule has 0 atom stereocenters. The molecule has 184 valence electrons. The third kappa shape index (κ3) is 5.36. The molecule has 0 N–H and O–H groups in total. The summed E-state index contributed by atoms with van der Waals surface area (Å²) in [4.78, 5) is 24.1. The second-order valence-corrected chi connectivity index (χ2v) is 7.79. The van der Waals surface area contributed by atoms with Gasteiger partial charge in [-0.2, -0.15) is 26.3 Å². The fraction of sp³-hybridized carbons (Fsp3) is 0.261. The Morgan fingerprint density at radius 2 is 1.57 bits per heavy atom. The second kappa shape index (κ2) is 9.16. The van der Waals surface area contributed by atoms with Crippen molar-refractivity contribution in [3.8, 4) is 11.3 Å². The van der Waals surface area contributed by atoms with E-state index in [9.17, 15) is 35.5 Å². The number of aromatic nitrogens is 2. The normalized spacial score (nSPS) is 14.8. The Hall–Kier alpha value is -3.70. The number of anilines is 1. The Morgan fingerprint density at radius 1 is 0.857 bits per heavy atom. The number of piperazine rings is 1. The quantitative estimate of drug-likeness (QED) is 0.461. The van der Waals surface area contributed by atoms with Gasteiger partial charge in [-0.05, 0) is 36.4 Å². The van der Waals surface area contributed by atoms with Crippen LogP contribution in [0.25, 0.3) is 11.3 Å². The monoisotopic (exact) mass is 498 g/mol. The highest BCUT2D eigenvalue weighted by atomic mass is 19.4. The first-order valence-corrected chi connectivity index (χ1v) is 10.3. The lowest BCUT2D eigenvalue weighted by Gasteiger charge is -2.35. The molecule has 1 aliphatic heterocycles. The van der Waals surface area contributed by atoms with Crippen molar-refractivity contribution >= 4 is 11.9 Å². The molecule has 1 aromatic heterocycles. The van der Waals surface area contributed by atoms with Gasteiger partial charge < -0.3 is 9.80 Å². The zero-order chi connectivity index (χ0) is 25.4. The number of alkyl halides is 6. The summed E-state index contributed by atoms with van der Waals surface area (Å²) in [5.41, 5.74) is -2.30. The number of rotatable bonds is 3. The third-order valence-electron chi connectivity index (χ3n) is 5.50. The van der Waals surface area contributed by atoms with Gasteiger partial charge in [0, 0.05) is 37.9 Å². The van der Waals surface area contributed by atoms with E-state index < -0.39 is 40.8 Å². The fourth-order valence-electron chi connectivity index (χ4n) is 3.73. The van der Waals surface area contributed by atoms with Crippen molar-refractivity contribution in [3.63, 3.8) is 0 Å². The van der Waals surface area contributed by atoms with Crippen molar-refractivity contribution < 1.29 is 35.5 Å². The molecule has 0 radical (unpaired) electrons. The maximum atomic E-state index is 13.4. The SMILES string of the molecule is O=C(c1ccc(F)cc1C(F)(F)F)N1CCN(c2nccc(-c3cccc(C(F)(F)F)c3)n2)CC1. The number of amides is 1.